The van der Waals surface area contributed by atoms with E-state index in [-0.39, 0.29) is 29.1 Å². The summed E-state index contributed by atoms with van der Waals surface area (Å²) in [5.74, 6) is -4.64. The van der Waals surface area contributed by atoms with Crippen LogP contribution in [0, 0.1) is 24.7 Å². The highest BCUT2D eigenvalue weighted by Gasteiger charge is 2.50. The van der Waals surface area contributed by atoms with Gasteiger partial charge in [0.25, 0.3) is 5.91 Å². The van der Waals surface area contributed by atoms with Crippen LogP contribution in [0.1, 0.15) is 45.5 Å². The summed E-state index contributed by atoms with van der Waals surface area (Å²) in [6, 6.07) is 8.98. The number of aliphatic hydroxyl groups is 2. The third-order valence-electron chi connectivity index (χ3n) is 7.69. The highest BCUT2D eigenvalue weighted by atomic mass is 16.5. The predicted octanol–water partition coefficient (Wildman–Crippen LogP) is 3.95. The second-order valence-electron chi connectivity index (χ2n) is 9.85. The van der Waals surface area contributed by atoms with E-state index in [2.05, 4.69) is 0 Å². The number of amides is 1. The topological polar surface area (TPSA) is 147 Å². The second-order valence-corrected chi connectivity index (χ2v) is 9.85. The first-order chi connectivity index (χ1) is 17.6. The van der Waals surface area contributed by atoms with Crippen molar-refractivity contribution in [2.45, 2.75) is 26.2 Å². The first-order valence-electron chi connectivity index (χ1n) is 12.0. The molecule has 2 aromatic carbocycles. The quantitative estimate of drug-likeness (QED) is 0.366. The minimum Gasteiger partial charge on any atom is -0.511 e. The molecule has 5 N–H and O–H groups in total. The molecule has 0 spiro atoms. The van der Waals surface area contributed by atoms with Crippen LogP contribution >= 0.6 is 0 Å². The number of phenols is 1. The highest BCUT2D eigenvalue weighted by molar-refractivity contribution is 6.22. The summed E-state index contributed by atoms with van der Waals surface area (Å²) in [6.07, 6.45) is 4.48. The van der Waals surface area contributed by atoms with Crippen LogP contribution in [0.4, 0.5) is 0 Å². The minimum absolute atomic E-state index is 0.00558. The third kappa shape index (κ3) is 3.89. The highest BCUT2D eigenvalue weighted by Crippen LogP contribution is 2.49. The fourth-order valence-corrected chi connectivity index (χ4v) is 5.95. The Kier molecular flexibility index (Phi) is 5.90. The first kappa shape index (κ1) is 24.4. The molecule has 1 amide bonds. The number of hydrogen-bond acceptors (Lipinski definition) is 7. The van der Waals surface area contributed by atoms with Crippen LogP contribution in [0.5, 0.6) is 11.5 Å². The lowest BCUT2D eigenvalue weighted by atomic mass is 9.62. The summed E-state index contributed by atoms with van der Waals surface area (Å²) in [5, 5.41) is 32.0. The molecule has 190 valence electrons. The first-order valence-corrected chi connectivity index (χ1v) is 12.0. The number of aryl methyl sites for hydroxylation is 1. The molecule has 0 bridgehead atoms. The standard InChI is InChI=1S/C29H27NO7/c1-13-3-4-14(9-21(13)37-2)5-6-15-7-8-19(31)24-18(15)11-16-10-17-12-20(32)25(29(30)36)28(35)23(17)26(33)22(16)27(24)34/h3-9,16-17,23,31-33H,10-12H2,1-2H3,(H2,30,36)/b6-5+. The predicted molar refractivity (Wildman–Crippen MR) is 136 cm³/mol. The molecule has 0 aliphatic heterocycles. The summed E-state index contributed by atoms with van der Waals surface area (Å²) < 4.78 is 5.39. The van der Waals surface area contributed by atoms with Crippen LogP contribution < -0.4 is 10.5 Å². The van der Waals surface area contributed by atoms with Crippen LogP contribution in [-0.4, -0.2) is 39.9 Å². The zero-order valence-electron chi connectivity index (χ0n) is 20.4. The molecule has 5 rings (SSSR count). The molecule has 0 radical (unpaired) electrons. The van der Waals surface area contributed by atoms with E-state index in [1.807, 2.05) is 37.3 Å². The number of ketones is 2. The van der Waals surface area contributed by atoms with E-state index in [0.717, 1.165) is 22.4 Å². The van der Waals surface area contributed by atoms with Gasteiger partial charge in [0.1, 0.15) is 28.6 Å². The number of primary amides is 1. The zero-order valence-corrected chi connectivity index (χ0v) is 20.4. The van der Waals surface area contributed by atoms with Crippen molar-refractivity contribution in [3.63, 3.8) is 0 Å². The van der Waals surface area contributed by atoms with Gasteiger partial charge >= 0.3 is 0 Å². The maximum absolute atomic E-state index is 13.6. The number of aromatic hydroxyl groups is 1. The van der Waals surface area contributed by atoms with Gasteiger partial charge < -0.3 is 25.8 Å². The fraction of sp³-hybridized carbons (Fsp3) is 0.276. The van der Waals surface area contributed by atoms with Gasteiger partial charge in [0.05, 0.1) is 18.6 Å². The van der Waals surface area contributed by atoms with Crippen LogP contribution in [0.15, 0.2) is 53.0 Å². The number of ether oxygens (including phenoxy) is 1. The Labute approximate surface area is 213 Å². The van der Waals surface area contributed by atoms with E-state index < -0.39 is 46.6 Å². The van der Waals surface area contributed by atoms with E-state index in [9.17, 15) is 29.7 Å². The Hall–Kier alpha value is -4.33. The van der Waals surface area contributed by atoms with E-state index in [0.29, 0.717) is 18.4 Å². The number of carbonyl (C=O) groups is 3. The van der Waals surface area contributed by atoms with Crippen molar-refractivity contribution in [3.8, 4) is 11.5 Å². The van der Waals surface area contributed by atoms with Crippen LogP contribution in [-0.2, 0) is 16.0 Å². The van der Waals surface area contributed by atoms with E-state index in [1.54, 1.807) is 13.2 Å². The monoisotopic (exact) mass is 501 g/mol. The van der Waals surface area contributed by atoms with Gasteiger partial charge in [-0.3, -0.25) is 14.4 Å². The average Bonchev–Trinajstić information content (AvgIpc) is 2.83. The third-order valence-corrected chi connectivity index (χ3v) is 7.69. The Morgan fingerprint density at radius 1 is 1.08 bits per heavy atom. The van der Waals surface area contributed by atoms with Gasteiger partial charge in [0.15, 0.2) is 11.6 Å². The van der Waals surface area contributed by atoms with Crippen molar-refractivity contribution >= 4 is 29.6 Å². The smallest absolute Gasteiger partial charge is 0.255 e. The number of phenolic OH excluding ortho intramolecular Hbond substituents is 1. The molecule has 2 aromatic rings. The molecule has 0 fully saturated rings. The van der Waals surface area contributed by atoms with Gasteiger partial charge in [0, 0.05) is 12.0 Å². The summed E-state index contributed by atoms with van der Waals surface area (Å²) in [5.41, 5.74) is 8.23. The number of Topliss-reactive ketones (excluding diaryl/α,β-unsaturated/α-hetero) is 2. The minimum atomic E-state index is -1.13. The number of rotatable bonds is 4. The summed E-state index contributed by atoms with van der Waals surface area (Å²) >= 11 is 0. The van der Waals surface area contributed by atoms with Gasteiger partial charge in [-0.1, -0.05) is 30.4 Å². The molecule has 0 saturated heterocycles. The lowest BCUT2D eigenvalue weighted by molar-refractivity contribution is -0.126. The number of nitrogens with two attached hydrogens (primary N) is 1. The molecule has 0 saturated carbocycles. The summed E-state index contributed by atoms with van der Waals surface area (Å²) in [7, 11) is 1.61. The molecular formula is C29H27NO7. The van der Waals surface area contributed by atoms with Crippen LogP contribution in [0.2, 0.25) is 0 Å². The van der Waals surface area contributed by atoms with Crippen molar-refractivity contribution in [1.29, 1.82) is 0 Å². The van der Waals surface area contributed by atoms with Gasteiger partial charge in [-0.15, -0.1) is 0 Å². The molecule has 37 heavy (non-hydrogen) atoms. The van der Waals surface area contributed by atoms with E-state index in [1.165, 1.54) is 6.07 Å². The number of hydrogen-bond donors (Lipinski definition) is 4. The van der Waals surface area contributed by atoms with Gasteiger partial charge in [-0.25, -0.2) is 0 Å². The number of aliphatic hydroxyl groups excluding tert-OH is 2. The maximum atomic E-state index is 13.6. The number of fused-ring (bicyclic) bond motifs is 3. The van der Waals surface area contributed by atoms with E-state index >= 15 is 0 Å². The zero-order chi connectivity index (χ0) is 26.6. The Balaban J connectivity index is 1.55. The van der Waals surface area contributed by atoms with Gasteiger partial charge in [0.2, 0.25) is 0 Å². The molecule has 3 atom stereocenters. The second kappa shape index (κ2) is 8.96. The summed E-state index contributed by atoms with van der Waals surface area (Å²) in [6.45, 7) is 1.95. The average molecular weight is 502 g/mol. The van der Waals surface area contributed by atoms with Crippen molar-refractivity contribution < 1.29 is 34.4 Å². The number of allylic oxidation sites excluding steroid dienone is 3. The lowest BCUT2D eigenvalue weighted by Crippen LogP contribution is -2.43. The van der Waals surface area contributed by atoms with Gasteiger partial charge in [-0.2, -0.15) is 0 Å². The fourth-order valence-electron chi connectivity index (χ4n) is 5.95. The number of carbonyl (C=O) groups excluding carboxylic acids is 3. The lowest BCUT2D eigenvalue weighted by Gasteiger charge is -2.41. The molecule has 3 aliphatic rings. The largest absolute Gasteiger partial charge is 0.511 e. The molecule has 8 nitrogen and oxygen atoms in total. The Bertz CT molecular complexity index is 1460. The van der Waals surface area contributed by atoms with Crippen LogP contribution in [0.25, 0.3) is 12.2 Å². The molecular weight excluding hydrogens is 474 g/mol. The van der Waals surface area contributed by atoms with Crippen molar-refractivity contribution in [3.05, 3.63) is 80.8 Å². The molecule has 3 unspecified atom stereocenters. The van der Waals surface area contributed by atoms with Crippen molar-refractivity contribution in [1.82, 2.24) is 0 Å². The Morgan fingerprint density at radius 3 is 2.54 bits per heavy atom. The Morgan fingerprint density at radius 2 is 1.84 bits per heavy atom. The maximum Gasteiger partial charge on any atom is 0.255 e. The van der Waals surface area contributed by atoms with Crippen molar-refractivity contribution in [2.24, 2.45) is 23.5 Å². The van der Waals surface area contributed by atoms with Crippen molar-refractivity contribution in [2.75, 3.05) is 7.11 Å². The molecule has 0 aromatic heterocycles. The summed E-state index contributed by atoms with van der Waals surface area (Å²) in [4.78, 5) is 38.3. The van der Waals surface area contributed by atoms with Crippen LogP contribution in [0.3, 0.4) is 0 Å². The van der Waals surface area contributed by atoms with Gasteiger partial charge in [-0.05, 0) is 66.0 Å². The molecule has 0 heterocycles. The molecule has 8 heteroatoms. The number of methoxy groups -OCH3 is 1. The van der Waals surface area contributed by atoms with E-state index in [4.69, 9.17) is 10.5 Å². The normalized spacial score (nSPS) is 23.1. The SMILES string of the molecule is COc1cc(/C=C/c2ccc(O)c3c2CC2CC4CC(O)=C(C(N)=O)C(=O)C4C(O)=C2C3=O)ccc1C. The number of benzene rings is 2. The molecule has 3 aliphatic carbocycles.